The second kappa shape index (κ2) is 13.9. The summed E-state index contributed by atoms with van der Waals surface area (Å²) in [6.45, 7) is 9.76. The molecule has 0 atom stereocenters. The van der Waals surface area contributed by atoms with Crippen LogP contribution in [0.5, 0.6) is 17.2 Å². The normalized spacial score (nSPS) is 16.1. The van der Waals surface area contributed by atoms with Crippen molar-refractivity contribution in [2.24, 2.45) is 0 Å². The van der Waals surface area contributed by atoms with Crippen LogP contribution in [0.1, 0.15) is 39.5 Å². The maximum absolute atomic E-state index is 15.2. The van der Waals surface area contributed by atoms with E-state index in [9.17, 15) is 4.79 Å². The number of ether oxygens (including phenoxy) is 3. The van der Waals surface area contributed by atoms with Crippen LogP contribution in [0.2, 0.25) is 0 Å². The molecule has 0 unspecified atom stereocenters. The monoisotopic (exact) mass is 579 g/mol. The molecule has 2 aliphatic heterocycles. The second-order valence-electron chi connectivity index (χ2n) is 11.2. The lowest BCUT2D eigenvalue weighted by Gasteiger charge is -2.36. The number of hydrogen-bond donors (Lipinski definition) is 1. The van der Waals surface area contributed by atoms with Gasteiger partial charge in [0.05, 0.1) is 37.2 Å². The average molecular weight is 580 g/mol. The van der Waals surface area contributed by atoms with Crippen molar-refractivity contribution in [3.8, 4) is 17.2 Å². The highest BCUT2D eigenvalue weighted by Gasteiger charge is 2.25. The number of amides is 2. The number of aromatic nitrogens is 1. The Morgan fingerprint density at radius 3 is 2.43 bits per heavy atom. The quantitative estimate of drug-likeness (QED) is 0.305. The predicted molar refractivity (Wildman–Crippen MR) is 164 cm³/mol. The van der Waals surface area contributed by atoms with E-state index in [-0.39, 0.29) is 12.1 Å². The van der Waals surface area contributed by atoms with Gasteiger partial charge in [0, 0.05) is 49.9 Å². The third kappa shape index (κ3) is 7.34. The third-order valence-electron chi connectivity index (χ3n) is 7.77. The highest BCUT2D eigenvalue weighted by Crippen LogP contribution is 2.37. The van der Waals surface area contributed by atoms with Crippen LogP contribution in [0.3, 0.4) is 0 Å². The molecule has 226 valence electrons. The molecule has 0 bridgehead atoms. The highest BCUT2D eigenvalue weighted by atomic mass is 19.1. The Balaban J connectivity index is 1.21. The molecule has 2 fully saturated rings. The van der Waals surface area contributed by atoms with E-state index in [0.29, 0.717) is 66.6 Å². The van der Waals surface area contributed by atoms with Crippen molar-refractivity contribution in [3.63, 3.8) is 0 Å². The number of piperidine rings is 1. The van der Waals surface area contributed by atoms with Crippen molar-refractivity contribution in [2.45, 2.75) is 45.6 Å². The first-order chi connectivity index (χ1) is 20.4. The van der Waals surface area contributed by atoms with E-state index in [1.54, 1.807) is 12.0 Å². The van der Waals surface area contributed by atoms with Crippen molar-refractivity contribution in [2.75, 3.05) is 69.7 Å². The summed E-state index contributed by atoms with van der Waals surface area (Å²) in [6.07, 6.45) is 6.14. The summed E-state index contributed by atoms with van der Waals surface area (Å²) < 4.78 is 32.6. The molecule has 0 spiro atoms. The van der Waals surface area contributed by atoms with Crippen molar-refractivity contribution in [3.05, 3.63) is 48.4 Å². The number of carbonyl (C=O) groups is 1. The Hall–Kier alpha value is -3.79. The van der Waals surface area contributed by atoms with Crippen LogP contribution >= 0.6 is 0 Å². The topological polar surface area (TPSA) is 79.4 Å². The summed E-state index contributed by atoms with van der Waals surface area (Å²) in [5, 5.41) is 3.61. The van der Waals surface area contributed by atoms with Gasteiger partial charge in [-0.1, -0.05) is 6.42 Å². The number of fused-ring (bicyclic) bond motifs is 1. The van der Waals surface area contributed by atoms with Crippen molar-refractivity contribution in [1.29, 1.82) is 0 Å². The number of rotatable bonds is 10. The summed E-state index contributed by atoms with van der Waals surface area (Å²) in [7, 11) is 1.59. The van der Waals surface area contributed by atoms with Crippen LogP contribution in [0.4, 0.5) is 20.6 Å². The van der Waals surface area contributed by atoms with Crippen LogP contribution in [0.15, 0.2) is 42.6 Å². The number of piperazine rings is 1. The number of likely N-dealkylation sites (tertiary alicyclic amines) is 1. The molecule has 2 amide bonds. The van der Waals surface area contributed by atoms with Gasteiger partial charge in [-0.15, -0.1) is 0 Å². The largest absolute Gasteiger partial charge is 0.493 e. The Kier molecular flexibility index (Phi) is 9.84. The van der Waals surface area contributed by atoms with Gasteiger partial charge >= 0.3 is 6.03 Å². The maximum Gasteiger partial charge on any atom is 0.321 e. The molecule has 0 radical (unpaired) electrons. The minimum Gasteiger partial charge on any atom is -0.493 e. The molecule has 3 heterocycles. The van der Waals surface area contributed by atoms with Gasteiger partial charge in [0.2, 0.25) is 0 Å². The predicted octanol–water partition coefficient (Wildman–Crippen LogP) is 5.78. The molecule has 9 nitrogen and oxygen atoms in total. The Morgan fingerprint density at radius 2 is 1.74 bits per heavy atom. The van der Waals surface area contributed by atoms with Gasteiger partial charge in [-0.2, -0.15) is 0 Å². The molecule has 3 aromatic rings. The van der Waals surface area contributed by atoms with Crippen molar-refractivity contribution in [1.82, 2.24) is 14.8 Å². The summed E-state index contributed by atoms with van der Waals surface area (Å²) in [6, 6.07) is 10.8. The number of anilines is 2. The molecular weight excluding hydrogens is 537 g/mol. The molecule has 2 aliphatic rings. The minimum absolute atomic E-state index is 0.0831. The molecule has 42 heavy (non-hydrogen) atoms. The second-order valence-corrected chi connectivity index (χ2v) is 11.2. The van der Waals surface area contributed by atoms with Crippen LogP contribution in [-0.2, 0) is 0 Å². The number of urea groups is 1. The number of halogens is 1. The van der Waals surface area contributed by atoms with Gasteiger partial charge < -0.3 is 34.2 Å². The third-order valence-corrected chi connectivity index (χ3v) is 7.77. The van der Waals surface area contributed by atoms with Gasteiger partial charge in [-0.25, -0.2) is 9.18 Å². The molecule has 10 heteroatoms. The first kappa shape index (κ1) is 29.7. The molecule has 1 N–H and O–H groups in total. The fourth-order valence-electron chi connectivity index (χ4n) is 5.63. The Morgan fingerprint density at radius 1 is 1.00 bits per heavy atom. The molecule has 2 aromatic carbocycles. The summed E-state index contributed by atoms with van der Waals surface area (Å²) in [5.41, 5.74) is 1.81. The van der Waals surface area contributed by atoms with Gasteiger partial charge in [0.15, 0.2) is 17.3 Å². The zero-order valence-corrected chi connectivity index (χ0v) is 24.9. The van der Waals surface area contributed by atoms with Gasteiger partial charge in [-0.3, -0.25) is 4.98 Å². The SMILES string of the molecule is COc1cc2c(N3CCN(C(=O)Nc4ccc(OC(C)C)cc4)CC3)c(F)cnc2cc1OCCCN1CCCCC1. The Labute approximate surface area is 247 Å². The molecule has 0 aliphatic carbocycles. The maximum atomic E-state index is 15.2. The number of nitrogens with zero attached hydrogens (tertiary/aromatic N) is 4. The fourth-order valence-corrected chi connectivity index (χ4v) is 5.63. The smallest absolute Gasteiger partial charge is 0.321 e. The molecule has 2 saturated heterocycles. The van der Waals surface area contributed by atoms with Gasteiger partial charge in [0.1, 0.15) is 5.75 Å². The van der Waals surface area contributed by atoms with E-state index in [1.165, 1.54) is 38.5 Å². The lowest BCUT2D eigenvalue weighted by atomic mass is 10.1. The van der Waals surface area contributed by atoms with E-state index in [0.717, 1.165) is 18.7 Å². The summed E-state index contributed by atoms with van der Waals surface area (Å²) in [5.74, 6) is 1.52. The number of pyridine rings is 1. The highest BCUT2D eigenvalue weighted by molar-refractivity contribution is 5.94. The van der Waals surface area contributed by atoms with E-state index in [4.69, 9.17) is 14.2 Å². The van der Waals surface area contributed by atoms with Crippen LogP contribution in [0, 0.1) is 5.82 Å². The Bertz CT molecular complexity index is 1340. The number of methoxy groups -OCH3 is 1. The number of carbonyl (C=O) groups excluding carboxylic acids is 1. The van der Waals surface area contributed by atoms with E-state index < -0.39 is 5.82 Å². The first-order valence-corrected chi connectivity index (χ1v) is 15.0. The number of hydrogen-bond acceptors (Lipinski definition) is 7. The molecular formula is C32H42FN5O4. The van der Waals surface area contributed by atoms with Crippen LogP contribution < -0.4 is 24.4 Å². The first-order valence-electron chi connectivity index (χ1n) is 15.0. The van der Waals surface area contributed by atoms with Gasteiger partial charge in [-0.05, 0) is 76.5 Å². The van der Waals surface area contributed by atoms with E-state index >= 15 is 4.39 Å². The zero-order chi connectivity index (χ0) is 29.5. The number of nitrogens with one attached hydrogen (secondary N) is 1. The molecule has 0 saturated carbocycles. The van der Waals surface area contributed by atoms with Crippen LogP contribution in [-0.4, -0.2) is 86.4 Å². The van der Waals surface area contributed by atoms with Crippen LogP contribution in [0.25, 0.3) is 10.9 Å². The summed E-state index contributed by atoms with van der Waals surface area (Å²) in [4.78, 5) is 23.5. The lowest BCUT2D eigenvalue weighted by molar-refractivity contribution is 0.203. The summed E-state index contributed by atoms with van der Waals surface area (Å²) >= 11 is 0. The minimum atomic E-state index is -0.402. The van der Waals surface area contributed by atoms with Gasteiger partial charge in [0.25, 0.3) is 0 Å². The fraction of sp³-hybridized carbons (Fsp3) is 0.500. The number of benzene rings is 2. The van der Waals surface area contributed by atoms with Crippen molar-refractivity contribution >= 4 is 28.3 Å². The van der Waals surface area contributed by atoms with E-state index in [2.05, 4.69) is 15.2 Å². The van der Waals surface area contributed by atoms with E-state index in [1.807, 2.05) is 55.1 Å². The van der Waals surface area contributed by atoms with Crippen molar-refractivity contribution < 1.29 is 23.4 Å². The standard InChI is InChI=1S/C32H42FN5O4/c1-23(2)42-25-10-8-24(9-11-25)35-32(39)38-17-15-37(16-18-38)31-26-20-29(40-3)30(21-28(26)34-22-27(31)33)41-19-7-14-36-12-5-4-6-13-36/h8-11,20-23H,4-7,12-19H2,1-3H3,(H,35,39). The molecule has 5 rings (SSSR count). The lowest BCUT2D eigenvalue weighted by Crippen LogP contribution is -2.50. The molecule has 1 aromatic heterocycles. The average Bonchev–Trinajstić information content (AvgIpc) is 3.00. The zero-order valence-electron chi connectivity index (χ0n) is 24.9.